The van der Waals surface area contributed by atoms with E-state index in [9.17, 15) is 9.90 Å². The van der Waals surface area contributed by atoms with Crippen molar-refractivity contribution >= 4 is 23.8 Å². The van der Waals surface area contributed by atoms with Crippen LogP contribution in [0.15, 0.2) is 54.6 Å². The van der Waals surface area contributed by atoms with Crippen molar-refractivity contribution in [2.24, 2.45) is 0 Å². The van der Waals surface area contributed by atoms with Gasteiger partial charge in [-0.15, -0.1) is 11.8 Å². The van der Waals surface area contributed by atoms with E-state index >= 15 is 0 Å². The Morgan fingerprint density at radius 2 is 1.93 bits per heavy atom. The number of fused-ring (bicyclic) bond motifs is 1. The standard InChI is InChI=1S/C23H24O4S/c1-23(2)27-19-10-6-9-15(11-12-18-13-17(24)14-20(25)26-18)21(19)22(28-23)16-7-4-3-5-8-16/h3-12,17-18,22,24H,13-14H2,1-2H3/t17-,18-,22?/m1/s1. The predicted molar refractivity (Wildman–Crippen MR) is 111 cm³/mol. The van der Waals surface area contributed by atoms with Gasteiger partial charge in [0.05, 0.1) is 17.8 Å². The molecular formula is C23H24O4S. The van der Waals surface area contributed by atoms with Crippen LogP contribution in [0.25, 0.3) is 6.08 Å². The summed E-state index contributed by atoms with van der Waals surface area (Å²) in [6.07, 6.45) is 3.29. The largest absolute Gasteiger partial charge is 0.477 e. The maximum Gasteiger partial charge on any atom is 0.309 e. The molecule has 1 N–H and O–H groups in total. The number of hydrogen-bond donors (Lipinski definition) is 1. The molecule has 2 heterocycles. The van der Waals surface area contributed by atoms with Crippen molar-refractivity contribution in [2.45, 2.75) is 49.1 Å². The van der Waals surface area contributed by atoms with Crippen molar-refractivity contribution < 1.29 is 19.4 Å². The smallest absolute Gasteiger partial charge is 0.309 e. The molecular weight excluding hydrogens is 372 g/mol. The summed E-state index contributed by atoms with van der Waals surface area (Å²) in [5.41, 5.74) is 3.38. The van der Waals surface area contributed by atoms with Crippen molar-refractivity contribution in [2.75, 3.05) is 0 Å². The minimum Gasteiger partial charge on any atom is -0.477 e. The maximum atomic E-state index is 11.6. The molecule has 1 unspecified atom stereocenters. The Morgan fingerprint density at radius 1 is 1.14 bits per heavy atom. The summed E-state index contributed by atoms with van der Waals surface area (Å²) in [7, 11) is 0. The number of thioether (sulfide) groups is 1. The molecule has 0 aliphatic carbocycles. The van der Waals surface area contributed by atoms with E-state index in [1.807, 2.05) is 30.4 Å². The van der Waals surface area contributed by atoms with Gasteiger partial charge in [-0.25, -0.2) is 0 Å². The molecule has 28 heavy (non-hydrogen) atoms. The first-order valence-electron chi connectivity index (χ1n) is 9.52. The molecule has 0 amide bonds. The summed E-state index contributed by atoms with van der Waals surface area (Å²) in [5, 5.41) is 9.97. The fourth-order valence-electron chi connectivity index (χ4n) is 3.71. The van der Waals surface area contributed by atoms with Gasteiger partial charge in [0.15, 0.2) is 0 Å². The van der Waals surface area contributed by atoms with Crippen LogP contribution in [-0.4, -0.2) is 28.2 Å². The third-order valence-electron chi connectivity index (χ3n) is 4.90. The van der Waals surface area contributed by atoms with Crippen LogP contribution in [0, 0.1) is 0 Å². The van der Waals surface area contributed by atoms with E-state index in [1.54, 1.807) is 11.8 Å². The fourth-order valence-corrected chi connectivity index (χ4v) is 5.08. The maximum absolute atomic E-state index is 11.6. The van der Waals surface area contributed by atoms with Crippen LogP contribution in [0.3, 0.4) is 0 Å². The molecule has 1 fully saturated rings. The van der Waals surface area contributed by atoms with Crippen molar-refractivity contribution in [3.63, 3.8) is 0 Å². The number of benzene rings is 2. The molecule has 146 valence electrons. The van der Waals surface area contributed by atoms with E-state index in [4.69, 9.17) is 9.47 Å². The minimum atomic E-state index is -0.641. The Hall–Kier alpha value is -2.24. The van der Waals surface area contributed by atoms with Crippen molar-refractivity contribution in [3.8, 4) is 5.75 Å². The molecule has 0 bridgehead atoms. The van der Waals surface area contributed by atoms with Crippen LogP contribution in [0.5, 0.6) is 5.75 Å². The van der Waals surface area contributed by atoms with Crippen LogP contribution in [0.2, 0.25) is 0 Å². The van der Waals surface area contributed by atoms with E-state index in [0.717, 1.165) is 16.9 Å². The normalized spacial score (nSPS) is 26.4. The van der Waals surface area contributed by atoms with Gasteiger partial charge in [-0.1, -0.05) is 48.5 Å². The summed E-state index contributed by atoms with van der Waals surface area (Å²) in [6, 6.07) is 16.5. The zero-order valence-corrected chi connectivity index (χ0v) is 16.8. The van der Waals surface area contributed by atoms with Gasteiger partial charge >= 0.3 is 5.97 Å². The molecule has 4 nitrogen and oxygen atoms in total. The summed E-state index contributed by atoms with van der Waals surface area (Å²) < 4.78 is 11.6. The Bertz CT molecular complexity index is 891. The van der Waals surface area contributed by atoms with Gasteiger partial charge < -0.3 is 14.6 Å². The van der Waals surface area contributed by atoms with Crippen molar-refractivity contribution in [1.82, 2.24) is 0 Å². The van der Waals surface area contributed by atoms with E-state index in [2.05, 4.69) is 44.2 Å². The van der Waals surface area contributed by atoms with Crippen LogP contribution in [0.1, 0.15) is 48.6 Å². The lowest BCUT2D eigenvalue weighted by atomic mass is 9.96. The summed E-state index contributed by atoms with van der Waals surface area (Å²) in [6.45, 7) is 4.17. The number of carbonyl (C=O) groups is 1. The Labute approximate surface area is 169 Å². The number of rotatable bonds is 3. The molecule has 2 aromatic carbocycles. The second-order valence-electron chi connectivity index (χ2n) is 7.65. The van der Waals surface area contributed by atoms with Gasteiger partial charge in [0.25, 0.3) is 0 Å². The van der Waals surface area contributed by atoms with Gasteiger partial charge in [0.1, 0.15) is 16.8 Å². The SMILES string of the molecule is CC1(C)Oc2cccc(C=C[C@@H]3C[C@@H](O)CC(=O)O3)c2C(c2ccccc2)S1. The first kappa shape index (κ1) is 19.1. The molecule has 0 aromatic heterocycles. The number of hydrogen-bond acceptors (Lipinski definition) is 5. The van der Waals surface area contributed by atoms with Crippen LogP contribution in [-0.2, 0) is 9.53 Å². The molecule has 2 aliphatic heterocycles. The first-order valence-corrected chi connectivity index (χ1v) is 10.4. The average molecular weight is 397 g/mol. The van der Waals surface area contributed by atoms with Gasteiger partial charge in [-0.2, -0.15) is 0 Å². The average Bonchev–Trinajstić information content (AvgIpc) is 2.64. The van der Waals surface area contributed by atoms with E-state index in [-0.39, 0.29) is 22.6 Å². The Kier molecular flexibility index (Phi) is 5.21. The number of aliphatic hydroxyl groups is 1. The van der Waals surface area contributed by atoms with E-state index < -0.39 is 12.2 Å². The van der Waals surface area contributed by atoms with Crippen LogP contribution in [0.4, 0.5) is 0 Å². The zero-order valence-electron chi connectivity index (χ0n) is 16.0. The quantitative estimate of drug-likeness (QED) is 0.761. The summed E-state index contributed by atoms with van der Waals surface area (Å²) in [4.78, 5) is 11.3. The van der Waals surface area contributed by atoms with Crippen molar-refractivity contribution in [3.05, 3.63) is 71.3 Å². The summed E-state index contributed by atoms with van der Waals surface area (Å²) >= 11 is 1.78. The van der Waals surface area contributed by atoms with Gasteiger partial charge in [-0.3, -0.25) is 4.79 Å². The molecule has 1 saturated heterocycles. The first-order chi connectivity index (χ1) is 13.4. The van der Waals surface area contributed by atoms with Crippen LogP contribution < -0.4 is 4.74 Å². The second kappa shape index (κ2) is 7.64. The number of esters is 1. The highest BCUT2D eigenvalue weighted by Crippen LogP contribution is 2.52. The number of carbonyl (C=O) groups excluding carboxylic acids is 1. The third kappa shape index (κ3) is 4.10. The lowest BCUT2D eigenvalue weighted by Crippen LogP contribution is -2.31. The summed E-state index contributed by atoms with van der Waals surface area (Å²) in [5.74, 6) is 0.520. The van der Waals surface area contributed by atoms with E-state index in [1.165, 1.54) is 5.56 Å². The molecule has 3 atom stereocenters. The monoisotopic (exact) mass is 396 g/mol. The highest BCUT2D eigenvalue weighted by atomic mass is 32.2. The highest BCUT2D eigenvalue weighted by Gasteiger charge is 2.36. The predicted octanol–water partition coefficient (Wildman–Crippen LogP) is 4.72. The zero-order chi connectivity index (χ0) is 19.7. The van der Waals surface area contributed by atoms with Gasteiger partial charge in [0.2, 0.25) is 0 Å². The molecule has 2 aliphatic rings. The molecule has 5 heteroatoms. The minimum absolute atomic E-state index is 0.0702. The molecule has 2 aromatic rings. The molecule has 0 saturated carbocycles. The van der Waals surface area contributed by atoms with Gasteiger partial charge in [-0.05, 0) is 37.1 Å². The third-order valence-corrected chi connectivity index (χ3v) is 6.30. The lowest BCUT2D eigenvalue weighted by molar-refractivity contribution is -0.156. The number of ether oxygens (including phenoxy) is 2. The second-order valence-corrected chi connectivity index (χ2v) is 9.34. The van der Waals surface area contributed by atoms with Crippen LogP contribution >= 0.6 is 11.8 Å². The molecule has 4 rings (SSSR count). The molecule has 0 spiro atoms. The van der Waals surface area contributed by atoms with Gasteiger partial charge in [0, 0.05) is 12.0 Å². The Balaban J connectivity index is 1.71. The fraction of sp³-hybridized carbons (Fsp3) is 0.348. The Morgan fingerprint density at radius 3 is 2.68 bits per heavy atom. The number of cyclic esters (lactones) is 1. The topological polar surface area (TPSA) is 55.8 Å². The highest BCUT2D eigenvalue weighted by molar-refractivity contribution is 8.00. The number of aliphatic hydroxyl groups excluding tert-OH is 1. The van der Waals surface area contributed by atoms with E-state index in [0.29, 0.717) is 6.42 Å². The lowest BCUT2D eigenvalue weighted by Gasteiger charge is -2.38. The molecule has 0 radical (unpaired) electrons. The van der Waals surface area contributed by atoms with Crippen molar-refractivity contribution in [1.29, 1.82) is 0 Å².